The van der Waals surface area contributed by atoms with Crippen LogP contribution in [0.4, 0.5) is 0 Å². The quantitative estimate of drug-likeness (QED) is 0.290. The fourth-order valence-corrected chi connectivity index (χ4v) is 10.5. The second-order valence-corrected chi connectivity index (χ2v) is 14.6. The molecule has 2 aromatic rings. The van der Waals surface area contributed by atoms with Gasteiger partial charge in [0.1, 0.15) is 18.0 Å². The van der Waals surface area contributed by atoms with Crippen LogP contribution < -0.4 is 4.74 Å². The minimum atomic E-state index is -0.189. The van der Waals surface area contributed by atoms with E-state index in [0.717, 1.165) is 37.9 Å². The molecular weight excluding hydrogens is 536 g/mol. The summed E-state index contributed by atoms with van der Waals surface area (Å²) in [6.07, 6.45) is 10.5. The Labute approximate surface area is 258 Å². The Bertz CT molecular complexity index is 1260. The van der Waals surface area contributed by atoms with Crippen molar-refractivity contribution >= 4 is 11.9 Å². The molecular formula is C38H50O5. The Kier molecular flexibility index (Phi) is 8.63. The van der Waals surface area contributed by atoms with Crippen molar-refractivity contribution in [3.63, 3.8) is 0 Å². The molecule has 0 heterocycles. The number of carbonyl (C=O) groups excluding carboxylic acids is 2. The maximum absolute atomic E-state index is 12.9. The maximum atomic E-state index is 12.9. The van der Waals surface area contributed by atoms with Gasteiger partial charge in [-0.3, -0.25) is 4.79 Å². The van der Waals surface area contributed by atoms with E-state index in [1.807, 2.05) is 30.3 Å². The zero-order chi connectivity index (χ0) is 30.2. The van der Waals surface area contributed by atoms with Gasteiger partial charge in [-0.1, -0.05) is 57.2 Å². The SMILES string of the molecule is COC(=O)CC[C@@H](C)[C@H]1CC[C@H]2[C@@H]3CC[C@H]4C[C@@H](OC(=O)c5ccccc5)CC[C@]4(C)[C@H]3C[C@H](Oc3ccccc3)[C@]12C. The number of ether oxygens (including phenoxy) is 3. The third-order valence-electron chi connectivity index (χ3n) is 12.8. The highest BCUT2D eigenvalue weighted by atomic mass is 16.5. The molecule has 6 rings (SSSR count). The van der Waals surface area contributed by atoms with Crippen molar-refractivity contribution in [1.29, 1.82) is 0 Å². The van der Waals surface area contributed by atoms with Crippen LogP contribution in [0.1, 0.15) is 95.3 Å². The Balaban J connectivity index is 1.23. The molecule has 4 fully saturated rings. The fourth-order valence-electron chi connectivity index (χ4n) is 10.5. The first kappa shape index (κ1) is 30.2. The first-order valence-electron chi connectivity index (χ1n) is 16.8. The van der Waals surface area contributed by atoms with Gasteiger partial charge >= 0.3 is 11.9 Å². The molecule has 0 unspecified atom stereocenters. The summed E-state index contributed by atoms with van der Waals surface area (Å²) in [4.78, 5) is 24.9. The lowest BCUT2D eigenvalue weighted by molar-refractivity contribution is -0.168. The summed E-state index contributed by atoms with van der Waals surface area (Å²) in [5.74, 6) is 4.12. The van der Waals surface area contributed by atoms with E-state index in [9.17, 15) is 9.59 Å². The Morgan fingerprint density at radius 2 is 1.60 bits per heavy atom. The summed E-state index contributed by atoms with van der Waals surface area (Å²) >= 11 is 0. The van der Waals surface area contributed by atoms with Crippen LogP contribution in [-0.4, -0.2) is 31.3 Å². The Hall–Kier alpha value is -2.82. The van der Waals surface area contributed by atoms with Crippen molar-refractivity contribution in [3.8, 4) is 5.75 Å². The average Bonchev–Trinajstić information content (AvgIpc) is 3.39. The van der Waals surface area contributed by atoms with E-state index in [-0.39, 0.29) is 35.0 Å². The van der Waals surface area contributed by atoms with Crippen molar-refractivity contribution in [2.24, 2.45) is 46.3 Å². The van der Waals surface area contributed by atoms with Crippen molar-refractivity contribution in [3.05, 3.63) is 66.2 Å². The fraction of sp³-hybridized carbons (Fsp3) is 0.632. The van der Waals surface area contributed by atoms with Gasteiger partial charge in [0.05, 0.1) is 12.7 Å². The number of rotatable bonds is 8. The number of fused-ring (bicyclic) bond motifs is 5. The molecule has 2 aromatic carbocycles. The standard InChI is InChI=1S/C38H50O5/c1-25(15-20-35(39)41-4)31-18-19-32-30-17-16-27-23-29(43-36(40)26-11-7-5-8-12-26)21-22-37(27,2)33(30)24-34(38(31,32)3)42-28-13-9-6-10-14-28/h5-14,25,27,29-34H,15-24H2,1-4H3/t25-,27+,29+,30+,31-,32+,33+,34+,37+,38-/m1/s1. The van der Waals surface area contributed by atoms with E-state index in [1.54, 1.807) is 0 Å². The van der Waals surface area contributed by atoms with Gasteiger partial charge in [0.25, 0.3) is 0 Å². The molecule has 4 saturated carbocycles. The van der Waals surface area contributed by atoms with E-state index >= 15 is 0 Å². The maximum Gasteiger partial charge on any atom is 0.338 e. The highest BCUT2D eigenvalue weighted by molar-refractivity contribution is 5.89. The van der Waals surface area contributed by atoms with Gasteiger partial charge in [-0.25, -0.2) is 4.79 Å². The van der Waals surface area contributed by atoms with Crippen LogP contribution in [0.5, 0.6) is 5.75 Å². The Morgan fingerprint density at radius 3 is 2.33 bits per heavy atom. The first-order chi connectivity index (χ1) is 20.7. The topological polar surface area (TPSA) is 61.8 Å². The summed E-state index contributed by atoms with van der Waals surface area (Å²) in [7, 11) is 1.49. The molecule has 0 amide bonds. The van der Waals surface area contributed by atoms with Crippen LogP contribution in [0.15, 0.2) is 60.7 Å². The summed E-state index contributed by atoms with van der Waals surface area (Å²) in [6.45, 7) is 7.43. The number of methoxy groups -OCH3 is 1. The molecule has 0 N–H and O–H groups in total. The van der Waals surface area contributed by atoms with Gasteiger partial charge in [-0.05, 0) is 123 Å². The van der Waals surface area contributed by atoms with Crippen LogP contribution in [0.3, 0.4) is 0 Å². The Morgan fingerprint density at radius 1 is 0.884 bits per heavy atom. The second-order valence-electron chi connectivity index (χ2n) is 14.6. The lowest BCUT2D eigenvalue weighted by Crippen LogP contribution is -2.60. The normalized spacial score (nSPS) is 37.3. The van der Waals surface area contributed by atoms with Crippen molar-refractivity contribution in [2.75, 3.05) is 7.11 Å². The number of carbonyl (C=O) groups is 2. The number of esters is 2. The third-order valence-corrected chi connectivity index (χ3v) is 12.8. The molecule has 5 nitrogen and oxygen atoms in total. The minimum absolute atomic E-state index is 0.000857. The zero-order valence-electron chi connectivity index (χ0n) is 26.5. The van der Waals surface area contributed by atoms with Gasteiger partial charge in [-0.2, -0.15) is 0 Å². The van der Waals surface area contributed by atoms with Crippen LogP contribution in [0.25, 0.3) is 0 Å². The number of hydrogen-bond donors (Lipinski definition) is 0. The average molecular weight is 587 g/mol. The van der Waals surface area contributed by atoms with Crippen LogP contribution in [0.2, 0.25) is 0 Å². The van der Waals surface area contributed by atoms with Crippen molar-refractivity contribution < 1.29 is 23.8 Å². The molecule has 43 heavy (non-hydrogen) atoms. The zero-order valence-corrected chi connectivity index (χ0v) is 26.5. The minimum Gasteiger partial charge on any atom is -0.490 e. The van der Waals surface area contributed by atoms with Crippen LogP contribution in [0, 0.1) is 46.3 Å². The second kappa shape index (κ2) is 12.3. The van der Waals surface area contributed by atoms with Crippen LogP contribution >= 0.6 is 0 Å². The van der Waals surface area contributed by atoms with E-state index < -0.39 is 0 Å². The van der Waals surface area contributed by atoms with E-state index in [4.69, 9.17) is 14.2 Å². The molecule has 0 aliphatic heterocycles. The molecule has 4 aliphatic carbocycles. The lowest BCUT2D eigenvalue weighted by atomic mass is 9.43. The van der Waals surface area contributed by atoms with Gasteiger partial charge < -0.3 is 14.2 Å². The smallest absolute Gasteiger partial charge is 0.338 e. The largest absolute Gasteiger partial charge is 0.490 e. The lowest BCUT2D eigenvalue weighted by Gasteiger charge is -2.63. The van der Waals surface area contributed by atoms with E-state index in [0.29, 0.717) is 47.5 Å². The summed E-state index contributed by atoms with van der Waals surface area (Å²) < 4.78 is 18.1. The molecule has 0 spiro atoms. The van der Waals surface area contributed by atoms with E-state index in [1.165, 1.54) is 32.8 Å². The summed E-state index contributed by atoms with van der Waals surface area (Å²) in [5, 5.41) is 0. The summed E-state index contributed by atoms with van der Waals surface area (Å²) in [5.41, 5.74) is 0.939. The highest BCUT2D eigenvalue weighted by Crippen LogP contribution is 2.69. The molecule has 5 heteroatoms. The van der Waals surface area contributed by atoms with Crippen molar-refractivity contribution in [2.45, 2.75) is 97.2 Å². The molecule has 0 aromatic heterocycles. The molecule has 0 saturated heterocycles. The van der Waals surface area contributed by atoms with Gasteiger partial charge in [0.2, 0.25) is 0 Å². The highest BCUT2D eigenvalue weighted by Gasteiger charge is 2.65. The predicted octanol–water partition coefficient (Wildman–Crippen LogP) is 8.52. The molecule has 0 bridgehead atoms. The number of para-hydroxylation sites is 1. The first-order valence-corrected chi connectivity index (χ1v) is 16.8. The van der Waals surface area contributed by atoms with Gasteiger partial charge in [0.15, 0.2) is 0 Å². The molecule has 4 aliphatic rings. The molecule has 232 valence electrons. The summed E-state index contributed by atoms with van der Waals surface area (Å²) in [6, 6.07) is 19.8. The molecule has 0 radical (unpaired) electrons. The van der Waals surface area contributed by atoms with Gasteiger partial charge in [0, 0.05) is 11.8 Å². The van der Waals surface area contributed by atoms with E-state index in [2.05, 4.69) is 51.1 Å². The predicted molar refractivity (Wildman–Crippen MR) is 168 cm³/mol. The van der Waals surface area contributed by atoms with Crippen molar-refractivity contribution in [1.82, 2.24) is 0 Å². The number of benzene rings is 2. The van der Waals surface area contributed by atoms with Gasteiger partial charge in [-0.15, -0.1) is 0 Å². The third kappa shape index (κ3) is 5.62. The number of hydrogen-bond acceptors (Lipinski definition) is 5. The monoisotopic (exact) mass is 586 g/mol. The molecule has 10 atom stereocenters. The van der Waals surface area contributed by atoms with Crippen LogP contribution in [-0.2, 0) is 14.3 Å².